The lowest BCUT2D eigenvalue weighted by atomic mass is 9.88. The second-order valence-corrected chi connectivity index (χ2v) is 6.63. The Balaban J connectivity index is 3.29. The third-order valence-corrected chi connectivity index (χ3v) is 3.02. The molecule has 0 aromatic heterocycles. The number of nitrogens with zero attached hydrogens (tertiary/aromatic N) is 1. The van der Waals surface area contributed by atoms with Crippen molar-refractivity contribution in [1.29, 1.82) is 0 Å². The number of carbonyl (C=O) groups is 3. The van der Waals surface area contributed by atoms with Crippen molar-refractivity contribution in [2.24, 2.45) is 5.16 Å². The van der Waals surface area contributed by atoms with Crippen LogP contribution in [0.25, 0.3) is 0 Å². The summed E-state index contributed by atoms with van der Waals surface area (Å²) in [6, 6.07) is 9.08. The fraction of sp³-hybridized carbons (Fsp3) is 0.444. The molecule has 0 aliphatic carbocycles. The molecule has 6 heteroatoms. The van der Waals surface area contributed by atoms with Gasteiger partial charge in [-0.25, -0.2) is 4.79 Å². The van der Waals surface area contributed by atoms with Crippen LogP contribution in [0.3, 0.4) is 0 Å². The van der Waals surface area contributed by atoms with Gasteiger partial charge in [-0.3, -0.25) is 9.59 Å². The molecule has 1 aromatic rings. The van der Waals surface area contributed by atoms with E-state index in [0.29, 0.717) is 0 Å². The summed E-state index contributed by atoms with van der Waals surface area (Å²) >= 11 is 0. The van der Waals surface area contributed by atoms with Gasteiger partial charge in [-0.1, -0.05) is 35.5 Å². The normalized spacial score (nSPS) is 13.1. The van der Waals surface area contributed by atoms with E-state index >= 15 is 0 Å². The second-order valence-electron chi connectivity index (χ2n) is 6.63. The fourth-order valence-electron chi connectivity index (χ4n) is 2.13. The Kier molecular flexibility index (Phi) is 6.82. The molecule has 0 radical (unpaired) electrons. The molecule has 1 N–H and O–H groups in total. The molecule has 0 fully saturated rings. The van der Waals surface area contributed by atoms with Gasteiger partial charge in [0.2, 0.25) is 0 Å². The summed E-state index contributed by atoms with van der Waals surface area (Å²) in [5.74, 6) is -1.79. The van der Waals surface area contributed by atoms with Gasteiger partial charge < -0.3 is 10.2 Å². The molecule has 130 valence electrons. The molecule has 0 spiro atoms. The molecule has 0 aliphatic rings. The van der Waals surface area contributed by atoms with Crippen LogP contribution in [-0.4, -0.2) is 28.9 Å². The van der Waals surface area contributed by atoms with Gasteiger partial charge in [-0.15, -0.1) is 0 Å². The Hall–Kier alpha value is -2.50. The standard InChI is InChI=1S/C18H24N2O4/c1-12(21)11-15(14-9-7-6-8-10-14)16(20-24-13(2)22)17(23)19-18(3,4)5/h6-10,15H,11H2,1-5H3,(H,19,23)/b20-16+. The Morgan fingerprint density at radius 2 is 1.71 bits per heavy atom. The summed E-state index contributed by atoms with van der Waals surface area (Å²) in [5.41, 5.74) is 0.259. The molecule has 1 rings (SSSR count). The monoisotopic (exact) mass is 332 g/mol. The number of Topliss-reactive ketones (excluding diaryl/α,β-unsaturated/α-hetero) is 1. The van der Waals surface area contributed by atoms with Gasteiger partial charge in [0.05, 0.1) is 0 Å². The fourth-order valence-corrected chi connectivity index (χ4v) is 2.13. The van der Waals surface area contributed by atoms with E-state index in [1.807, 2.05) is 39.0 Å². The highest BCUT2D eigenvalue weighted by atomic mass is 16.7. The average molecular weight is 332 g/mol. The Bertz CT molecular complexity index is 630. The molecule has 0 saturated carbocycles. The maximum absolute atomic E-state index is 12.6. The first-order chi connectivity index (χ1) is 11.1. The van der Waals surface area contributed by atoms with Gasteiger partial charge in [0.1, 0.15) is 5.78 Å². The Morgan fingerprint density at radius 1 is 1.12 bits per heavy atom. The van der Waals surface area contributed by atoms with Gasteiger partial charge in [0.25, 0.3) is 5.91 Å². The highest BCUT2D eigenvalue weighted by molar-refractivity contribution is 6.41. The van der Waals surface area contributed by atoms with Crippen LogP contribution in [0.4, 0.5) is 0 Å². The predicted molar refractivity (Wildman–Crippen MR) is 91.6 cm³/mol. The van der Waals surface area contributed by atoms with E-state index in [0.717, 1.165) is 5.56 Å². The number of ketones is 1. The zero-order valence-corrected chi connectivity index (χ0v) is 14.8. The number of carbonyl (C=O) groups excluding carboxylic acids is 3. The molecule has 0 saturated heterocycles. The van der Waals surface area contributed by atoms with E-state index in [2.05, 4.69) is 10.5 Å². The van der Waals surface area contributed by atoms with Gasteiger partial charge in [-0.05, 0) is 33.3 Å². The topological polar surface area (TPSA) is 84.8 Å². The molecule has 6 nitrogen and oxygen atoms in total. The Labute approximate surface area is 142 Å². The van der Waals surface area contributed by atoms with E-state index in [4.69, 9.17) is 4.84 Å². The number of hydrogen-bond acceptors (Lipinski definition) is 5. The average Bonchev–Trinajstić information content (AvgIpc) is 2.44. The zero-order chi connectivity index (χ0) is 18.3. The van der Waals surface area contributed by atoms with Crippen molar-refractivity contribution >= 4 is 23.4 Å². The van der Waals surface area contributed by atoms with E-state index in [-0.39, 0.29) is 17.9 Å². The maximum atomic E-state index is 12.6. The van der Waals surface area contributed by atoms with Crippen LogP contribution in [0.2, 0.25) is 0 Å². The van der Waals surface area contributed by atoms with Crippen LogP contribution < -0.4 is 5.32 Å². The zero-order valence-electron chi connectivity index (χ0n) is 14.8. The van der Waals surface area contributed by atoms with Crippen LogP contribution in [-0.2, 0) is 19.2 Å². The first kappa shape index (κ1) is 19.5. The molecular weight excluding hydrogens is 308 g/mol. The number of benzene rings is 1. The number of amides is 1. The summed E-state index contributed by atoms with van der Waals surface area (Å²) in [7, 11) is 0. The van der Waals surface area contributed by atoms with E-state index < -0.39 is 23.3 Å². The van der Waals surface area contributed by atoms with Crippen molar-refractivity contribution in [1.82, 2.24) is 5.32 Å². The lowest BCUT2D eigenvalue weighted by molar-refractivity contribution is -0.141. The number of oxime groups is 1. The molecule has 24 heavy (non-hydrogen) atoms. The molecule has 1 atom stereocenters. The van der Waals surface area contributed by atoms with E-state index in [9.17, 15) is 14.4 Å². The molecule has 0 aliphatic heterocycles. The minimum Gasteiger partial charge on any atom is -0.346 e. The highest BCUT2D eigenvalue weighted by Crippen LogP contribution is 2.23. The number of hydrogen-bond donors (Lipinski definition) is 1. The maximum Gasteiger partial charge on any atom is 0.331 e. The SMILES string of the molecule is CC(=O)CC(/C(=N\OC(C)=O)C(=O)NC(C)(C)C)c1ccccc1. The molecule has 1 amide bonds. The molecular formula is C18H24N2O4. The molecule has 0 heterocycles. The van der Waals surface area contributed by atoms with Gasteiger partial charge in [0, 0.05) is 24.8 Å². The summed E-state index contributed by atoms with van der Waals surface area (Å²) in [6.45, 7) is 8.14. The molecule has 0 bridgehead atoms. The second kappa shape index (κ2) is 8.38. The first-order valence-corrected chi connectivity index (χ1v) is 7.72. The van der Waals surface area contributed by atoms with Crippen molar-refractivity contribution < 1.29 is 19.2 Å². The lowest BCUT2D eigenvalue weighted by Gasteiger charge is -2.24. The van der Waals surface area contributed by atoms with Crippen LogP contribution in [0, 0.1) is 0 Å². The predicted octanol–water partition coefficient (Wildman–Crippen LogP) is 2.58. The van der Waals surface area contributed by atoms with Gasteiger partial charge in [0.15, 0.2) is 5.71 Å². The minimum absolute atomic E-state index is 0.00141. The van der Waals surface area contributed by atoms with Crippen molar-refractivity contribution in [3.05, 3.63) is 35.9 Å². The van der Waals surface area contributed by atoms with E-state index in [1.165, 1.54) is 13.8 Å². The van der Waals surface area contributed by atoms with Crippen molar-refractivity contribution in [2.75, 3.05) is 0 Å². The van der Waals surface area contributed by atoms with Crippen molar-refractivity contribution in [3.8, 4) is 0 Å². The summed E-state index contributed by atoms with van der Waals surface area (Å²) in [6.07, 6.45) is 0.0850. The lowest BCUT2D eigenvalue weighted by Crippen LogP contribution is -2.46. The minimum atomic E-state index is -0.634. The van der Waals surface area contributed by atoms with Crippen LogP contribution in [0.15, 0.2) is 35.5 Å². The smallest absolute Gasteiger partial charge is 0.331 e. The van der Waals surface area contributed by atoms with Crippen LogP contribution in [0.1, 0.15) is 52.5 Å². The molecule has 1 unspecified atom stereocenters. The highest BCUT2D eigenvalue weighted by Gasteiger charge is 2.29. The summed E-state index contributed by atoms with van der Waals surface area (Å²) in [4.78, 5) is 40.1. The number of rotatable bonds is 6. The largest absolute Gasteiger partial charge is 0.346 e. The van der Waals surface area contributed by atoms with E-state index in [1.54, 1.807) is 12.1 Å². The van der Waals surface area contributed by atoms with Crippen molar-refractivity contribution in [2.45, 2.75) is 52.5 Å². The number of nitrogens with one attached hydrogen (secondary N) is 1. The van der Waals surface area contributed by atoms with Gasteiger partial charge >= 0.3 is 5.97 Å². The summed E-state index contributed by atoms with van der Waals surface area (Å²) in [5, 5.41) is 6.53. The third kappa shape index (κ3) is 6.73. The van der Waals surface area contributed by atoms with Crippen LogP contribution in [0.5, 0.6) is 0 Å². The molecule has 1 aromatic carbocycles. The van der Waals surface area contributed by atoms with Crippen LogP contribution >= 0.6 is 0 Å². The third-order valence-electron chi connectivity index (χ3n) is 3.02. The summed E-state index contributed by atoms with van der Waals surface area (Å²) < 4.78 is 0. The van der Waals surface area contributed by atoms with Crippen molar-refractivity contribution in [3.63, 3.8) is 0 Å². The quantitative estimate of drug-likeness (QED) is 0.493. The van der Waals surface area contributed by atoms with Gasteiger partial charge in [-0.2, -0.15) is 0 Å². The first-order valence-electron chi connectivity index (χ1n) is 7.72. The Morgan fingerprint density at radius 3 is 2.17 bits per heavy atom.